The van der Waals surface area contributed by atoms with Gasteiger partial charge in [0.1, 0.15) is 17.5 Å². The van der Waals surface area contributed by atoms with Crippen molar-refractivity contribution in [1.29, 1.82) is 0 Å². The van der Waals surface area contributed by atoms with Crippen LogP contribution in [0.4, 0.5) is 4.39 Å². The van der Waals surface area contributed by atoms with Gasteiger partial charge >= 0.3 is 5.97 Å². The van der Waals surface area contributed by atoms with Crippen LogP contribution in [0.3, 0.4) is 0 Å². The van der Waals surface area contributed by atoms with Crippen LogP contribution in [-0.4, -0.2) is 38.6 Å². The lowest BCUT2D eigenvalue weighted by molar-refractivity contribution is 0.0309. The van der Waals surface area contributed by atoms with E-state index in [0.717, 1.165) is 0 Å². The predicted octanol–water partition coefficient (Wildman–Crippen LogP) is 3.08. The van der Waals surface area contributed by atoms with E-state index >= 15 is 4.39 Å². The molecule has 31 heavy (non-hydrogen) atoms. The van der Waals surface area contributed by atoms with Crippen LogP contribution in [0.25, 0.3) is 11.3 Å². The summed E-state index contributed by atoms with van der Waals surface area (Å²) >= 11 is 0. The number of benzene rings is 1. The van der Waals surface area contributed by atoms with Gasteiger partial charge in [0.2, 0.25) is 0 Å². The quantitative estimate of drug-likeness (QED) is 0.649. The largest absolute Gasteiger partial charge is 0.490 e. The van der Waals surface area contributed by atoms with Crippen LogP contribution >= 0.6 is 0 Å². The number of aromatic nitrogens is 1. The van der Waals surface area contributed by atoms with Crippen LogP contribution in [0.5, 0.6) is 5.75 Å². The molecular weight excluding hydrogens is 405 g/mol. The fourth-order valence-corrected chi connectivity index (χ4v) is 4.58. The first-order valence-corrected chi connectivity index (χ1v) is 10.4. The van der Waals surface area contributed by atoms with Crippen LogP contribution in [0.1, 0.15) is 60.4 Å². The minimum absolute atomic E-state index is 0.101. The summed E-state index contributed by atoms with van der Waals surface area (Å²) in [4.78, 5) is 23.9. The molecule has 4 rings (SSSR count). The average Bonchev–Trinajstić information content (AvgIpc) is 2.69. The SMILES string of the molecule is CC(C)[C@@H]1C(F)c2cc(OC3CC(CO)C3)c(CO)cc2-c2cc(=O)c(C(=O)O)cn21. The number of fused-ring (bicyclic) bond motifs is 3. The molecule has 0 spiro atoms. The van der Waals surface area contributed by atoms with Crippen molar-refractivity contribution in [3.8, 4) is 17.0 Å². The van der Waals surface area contributed by atoms with Crippen molar-refractivity contribution in [2.45, 2.75) is 51.6 Å². The predicted molar refractivity (Wildman–Crippen MR) is 111 cm³/mol. The van der Waals surface area contributed by atoms with Crippen molar-refractivity contribution < 1.29 is 29.2 Å². The number of aliphatic hydroxyl groups excluding tert-OH is 2. The van der Waals surface area contributed by atoms with Gasteiger partial charge in [-0.3, -0.25) is 4.79 Å². The van der Waals surface area contributed by atoms with Gasteiger partial charge in [0.15, 0.2) is 5.43 Å². The molecule has 8 heteroatoms. The molecule has 1 unspecified atom stereocenters. The molecule has 1 saturated carbocycles. The lowest BCUT2D eigenvalue weighted by atomic mass is 9.82. The Morgan fingerprint density at radius 3 is 2.55 bits per heavy atom. The zero-order valence-corrected chi connectivity index (χ0v) is 17.4. The number of carboxylic acid groups (broad SMARTS) is 1. The van der Waals surface area contributed by atoms with Crippen molar-refractivity contribution >= 4 is 5.97 Å². The first-order chi connectivity index (χ1) is 14.7. The molecule has 0 saturated heterocycles. The second-order valence-corrected chi connectivity index (χ2v) is 8.75. The molecule has 1 aromatic heterocycles. The molecule has 2 atom stereocenters. The third kappa shape index (κ3) is 3.64. The fraction of sp³-hybridized carbons (Fsp3) is 0.478. The topological polar surface area (TPSA) is 109 Å². The Hall–Kier alpha value is -2.71. The molecule has 0 bridgehead atoms. The molecule has 1 aromatic carbocycles. The van der Waals surface area contributed by atoms with Gasteiger partial charge in [-0.25, -0.2) is 9.18 Å². The molecule has 1 aliphatic heterocycles. The number of nitrogens with zero attached hydrogens (tertiary/aromatic N) is 1. The number of halogens is 1. The van der Waals surface area contributed by atoms with E-state index in [1.165, 1.54) is 16.8 Å². The maximum Gasteiger partial charge on any atom is 0.341 e. The summed E-state index contributed by atoms with van der Waals surface area (Å²) in [7, 11) is 0. The Labute approximate surface area is 178 Å². The van der Waals surface area contributed by atoms with Gasteiger partial charge in [0.05, 0.1) is 24.4 Å². The Kier molecular flexibility index (Phi) is 5.61. The van der Waals surface area contributed by atoms with Gasteiger partial charge < -0.3 is 24.6 Å². The summed E-state index contributed by atoms with van der Waals surface area (Å²) in [5.41, 5.74) is 0.615. The average molecular weight is 431 g/mol. The van der Waals surface area contributed by atoms with E-state index < -0.39 is 29.2 Å². The zero-order valence-electron chi connectivity index (χ0n) is 17.4. The van der Waals surface area contributed by atoms with Gasteiger partial charge in [-0.1, -0.05) is 13.8 Å². The number of ether oxygens (including phenoxy) is 1. The highest BCUT2D eigenvalue weighted by Crippen LogP contribution is 2.48. The molecule has 0 amide bonds. The van der Waals surface area contributed by atoms with E-state index in [0.29, 0.717) is 41.0 Å². The Balaban J connectivity index is 1.84. The highest BCUT2D eigenvalue weighted by atomic mass is 19.1. The molecule has 166 valence electrons. The van der Waals surface area contributed by atoms with E-state index in [4.69, 9.17) is 4.74 Å². The molecule has 0 radical (unpaired) electrons. The molecule has 3 N–H and O–H groups in total. The lowest BCUT2D eigenvalue weighted by Gasteiger charge is -2.38. The van der Waals surface area contributed by atoms with Gasteiger partial charge in [-0.15, -0.1) is 0 Å². The minimum Gasteiger partial charge on any atom is -0.490 e. The minimum atomic E-state index is -1.45. The van der Waals surface area contributed by atoms with Crippen molar-refractivity contribution in [2.24, 2.45) is 11.8 Å². The number of hydrogen-bond donors (Lipinski definition) is 3. The van der Waals surface area contributed by atoms with Crippen LogP contribution in [0.2, 0.25) is 0 Å². The van der Waals surface area contributed by atoms with Crippen LogP contribution in [0.15, 0.2) is 29.2 Å². The van der Waals surface area contributed by atoms with Crippen LogP contribution in [0, 0.1) is 11.8 Å². The molecule has 2 heterocycles. The third-order valence-electron chi connectivity index (χ3n) is 6.33. The number of alkyl halides is 1. The van der Waals surface area contributed by atoms with E-state index in [2.05, 4.69) is 0 Å². The van der Waals surface area contributed by atoms with Gasteiger partial charge in [-0.2, -0.15) is 0 Å². The van der Waals surface area contributed by atoms with Crippen molar-refractivity contribution in [2.75, 3.05) is 6.61 Å². The first kappa shape index (κ1) is 21.5. The first-order valence-electron chi connectivity index (χ1n) is 10.4. The Bertz CT molecular complexity index is 1070. The maximum atomic E-state index is 15.8. The molecule has 1 fully saturated rings. The Morgan fingerprint density at radius 1 is 1.26 bits per heavy atom. The highest BCUT2D eigenvalue weighted by molar-refractivity contribution is 5.88. The smallest absolute Gasteiger partial charge is 0.341 e. The highest BCUT2D eigenvalue weighted by Gasteiger charge is 2.38. The van der Waals surface area contributed by atoms with E-state index in [-0.39, 0.29) is 31.2 Å². The molecule has 2 aromatic rings. The summed E-state index contributed by atoms with van der Waals surface area (Å²) in [5.74, 6) is -0.942. The van der Waals surface area contributed by atoms with Gasteiger partial charge in [0, 0.05) is 35.6 Å². The number of pyridine rings is 1. The Morgan fingerprint density at radius 2 is 1.97 bits per heavy atom. The molecule has 7 nitrogen and oxygen atoms in total. The summed E-state index contributed by atoms with van der Waals surface area (Å²) in [6.07, 6.45) is 1.06. The van der Waals surface area contributed by atoms with Crippen LogP contribution in [-0.2, 0) is 6.61 Å². The zero-order chi connectivity index (χ0) is 22.4. The maximum absolute atomic E-state index is 15.8. The van der Waals surface area contributed by atoms with Gasteiger partial charge in [0.25, 0.3) is 0 Å². The summed E-state index contributed by atoms with van der Waals surface area (Å²) in [6, 6.07) is 3.73. The van der Waals surface area contributed by atoms with E-state index in [1.807, 2.05) is 13.8 Å². The fourth-order valence-electron chi connectivity index (χ4n) is 4.58. The number of hydrogen-bond acceptors (Lipinski definition) is 5. The van der Waals surface area contributed by atoms with Crippen molar-refractivity contribution in [3.05, 3.63) is 51.3 Å². The number of carboxylic acids is 1. The lowest BCUT2D eigenvalue weighted by Crippen LogP contribution is -2.36. The normalized spacial score (nSPS) is 24.3. The number of aromatic carboxylic acids is 1. The third-order valence-corrected chi connectivity index (χ3v) is 6.33. The summed E-state index contributed by atoms with van der Waals surface area (Å²) < 4.78 is 23.3. The monoisotopic (exact) mass is 431 g/mol. The molecule has 2 aliphatic rings. The van der Waals surface area contributed by atoms with Crippen molar-refractivity contribution in [3.63, 3.8) is 0 Å². The van der Waals surface area contributed by atoms with Gasteiger partial charge in [-0.05, 0) is 36.8 Å². The second-order valence-electron chi connectivity index (χ2n) is 8.75. The summed E-state index contributed by atoms with van der Waals surface area (Å²) in [5, 5.41) is 28.4. The standard InChI is InChI=1S/C23H26FNO6/c1-11(2)22-21(24)16-6-20(31-14-3-12(4-14)9-26)13(10-27)5-15(16)18-7-19(28)17(23(29)30)8-25(18)22/h5-8,11-12,14,21-22,26-27H,3-4,9-10H2,1-2H3,(H,29,30)/t12?,14?,21?,22-/m1/s1. The second kappa shape index (κ2) is 8.09. The van der Waals surface area contributed by atoms with E-state index in [1.54, 1.807) is 12.1 Å². The van der Waals surface area contributed by atoms with Crippen LogP contribution < -0.4 is 10.2 Å². The molecule has 1 aliphatic carbocycles. The van der Waals surface area contributed by atoms with E-state index in [9.17, 15) is 24.9 Å². The number of rotatable bonds is 6. The number of carbonyl (C=O) groups is 1. The summed E-state index contributed by atoms with van der Waals surface area (Å²) in [6.45, 7) is 3.45. The van der Waals surface area contributed by atoms with Crippen molar-refractivity contribution in [1.82, 2.24) is 4.57 Å². The number of aliphatic hydroxyl groups is 2. The molecular formula is C23H26FNO6.